The van der Waals surface area contributed by atoms with Crippen molar-refractivity contribution in [2.45, 2.75) is 10.8 Å². The van der Waals surface area contributed by atoms with Crippen LogP contribution < -0.4 is 0 Å². The van der Waals surface area contributed by atoms with Crippen molar-refractivity contribution in [3.63, 3.8) is 0 Å². The fraction of sp³-hybridized carbons (Fsp3) is 0.222. The summed E-state index contributed by atoms with van der Waals surface area (Å²) in [5.74, 6) is -0.280. The van der Waals surface area contributed by atoms with E-state index in [9.17, 15) is 14.4 Å². The van der Waals surface area contributed by atoms with E-state index in [0.717, 1.165) is 11.1 Å². The quantitative estimate of drug-likeness (QED) is 0.638. The molecule has 3 aromatic carbocycles. The summed E-state index contributed by atoms with van der Waals surface area (Å²) in [5, 5.41) is 0. The number of hydrogen-bond donors (Lipinski definition) is 0. The Morgan fingerprint density at radius 3 is 1.22 bits per heavy atom. The molecule has 4 aliphatic heterocycles. The largest absolute Gasteiger partial charge is 0.336 e. The molecule has 0 aromatic heterocycles. The molecule has 4 bridgehead atoms. The molecule has 0 unspecified atom stereocenters. The van der Waals surface area contributed by atoms with Gasteiger partial charge in [0.25, 0.3) is 11.8 Å². The molecule has 0 saturated carbocycles. The van der Waals surface area contributed by atoms with Gasteiger partial charge in [-0.25, -0.2) is 0 Å². The van der Waals surface area contributed by atoms with Crippen LogP contribution in [0, 0.1) is 0 Å². The lowest BCUT2D eigenvalue weighted by Gasteiger charge is -2.57. The van der Waals surface area contributed by atoms with Crippen molar-refractivity contribution in [3.05, 3.63) is 107 Å². The zero-order chi connectivity index (χ0) is 21.9. The molecule has 5 heteroatoms. The highest BCUT2D eigenvalue weighted by Gasteiger charge is 2.63. The van der Waals surface area contributed by atoms with E-state index >= 15 is 0 Å². The standard InChI is InChI=1S/C27H22N2O3/c30-23-21-13-7-8-14-22(21)24(31)29-16-26(19-9-3-1-4-10-19)15-28(23)17-27(18-29,25(26)32)20-11-5-2-6-12-20/h1-14H,15-18H2. The molecular weight excluding hydrogens is 400 g/mol. The summed E-state index contributed by atoms with van der Waals surface area (Å²) in [6, 6.07) is 26.3. The van der Waals surface area contributed by atoms with E-state index < -0.39 is 10.8 Å². The first-order chi connectivity index (χ1) is 15.6. The third-order valence-corrected chi connectivity index (χ3v) is 7.33. The van der Waals surface area contributed by atoms with Crippen LogP contribution in [0.25, 0.3) is 0 Å². The second kappa shape index (κ2) is 6.63. The lowest BCUT2D eigenvalue weighted by atomic mass is 9.57. The molecule has 0 radical (unpaired) electrons. The first-order valence-electron chi connectivity index (χ1n) is 10.9. The predicted molar refractivity (Wildman–Crippen MR) is 119 cm³/mol. The molecule has 7 rings (SSSR count). The number of rotatable bonds is 2. The van der Waals surface area contributed by atoms with Gasteiger partial charge in [-0.1, -0.05) is 72.8 Å². The summed E-state index contributed by atoms with van der Waals surface area (Å²) in [7, 11) is 0. The summed E-state index contributed by atoms with van der Waals surface area (Å²) in [6.07, 6.45) is 0. The summed E-state index contributed by atoms with van der Waals surface area (Å²) in [5.41, 5.74) is 0.578. The van der Waals surface area contributed by atoms with Crippen LogP contribution in [0.5, 0.6) is 0 Å². The van der Waals surface area contributed by atoms with Gasteiger partial charge in [-0.2, -0.15) is 0 Å². The molecule has 4 heterocycles. The van der Waals surface area contributed by atoms with Gasteiger partial charge in [-0.15, -0.1) is 0 Å². The molecule has 2 fully saturated rings. The number of ketones is 1. The van der Waals surface area contributed by atoms with Crippen molar-refractivity contribution in [2.24, 2.45) is 0 Å². The van der Waals surface area contributed by atoms with Crippen LogP contribution in [0.3, 0.4) is 0 Å². The molecule has 5 nitrogen and oxygen atoms in total. The summed E-state index contributed by atoms with van der Waals surface area (Å²) >= 11 is 0. The fourth-order valence-electron chi connectivity index (χ4n) is 5.89. The smallest absolute Gasteiger partial charge is 0.254 e. The number of benzene rings is 3. The van der Waals surface area contributed by atoms with Gasteiger partial charge in [0.05, 0.1) is 22.0 Å². The first kappa shape index (κ1) is 19.0. The van der Waals surface area contributed by atoms with E-state index in [1.165, 1.54) is 0 Å². The Hall–Kier alpha value is -3.73. The van der Waals surface area contributed by atoms with E-state index in [0.29, 0.717) is 11.1 Å². The molecule has 0 aliphatic carbocycles. The topological polar surface area (TPSA) is 57.7 Å². The van der Waals surface area contributed by atoms with Gasteiger partial charge >= 0.3 is 0 Å². The predicted octanol–water partition coefficient (Wildman–Crippen LogP) is 3.06. The van der Waals surface area contributed by atoms with Crippen LogP contribution in [-0.2, 0) is 15.6 Å². The molecule has 158 valence electrons. The van der Waals surface area contributed by atoms with Gasteiger partial charge in [-0.05, 0) is 23.3 Å². The second-order valence-corrected chi connectivity index (χ2v) is 9.09. The van der Waals surface area contributed by atoms with Crippen LogP contribution in [-0.4, -0.2) is 53.6 Å². The van der Waals surface area contributed by atoms with E-state index in [4.69, 9.17) is 0 Å². The molecule has 0 atom stereocenters. The first-order valence-corrected chi connectivity index (χ1v) is 10.9. The van der Waals surface area contributed by atoms with Gasteiger partial charge in [-0.3, -0.25) is 14.4 Å². The van der Waals surface area contributed by atoms with Gasteiger partial charge in [0.2, 0.25) is 0 Å². The Morgan fingerprint density at radius 2 is 0.844 bits per heavy atom. The highest BCUT2D eigenvalue weighted by atomic mass is 16.2. The Bertz CT molecular complexity index is 1140. The minimum Gasteiger partial charge on any atom is -0.336 e. The van der Waals surface area contributed by atoms with E-state index in [2.05, 4.69) is 0 Å². The number of carbonyl (C=O) groups is 3. The molecule has 4 aliphatic rings. The monoisotopic (exact) mass is 422 g/mol. The van der Waals surface area contributed by atoms with Gasteiger partial charge < -0.3 is 9.80 Å². The third-order valence-electron chi connectivity index (χ3n) is 7.33. The average Bonchev–Trinajstić information content (AvgIpc) is 2.89. The van der Waals surface area contributed by atoms with Crippen molar-refractivity contribution in [3.8, 4) is 0 Å². The molecule has 32 heavy (non-hydrogen) atoms. The number of amides is 2. The molecule has 3 aromatic rings. The highest BCUT2D eigenvalue weighted by Crippen LogP contribution is 2.47. The normalized spacial score (nSPS) is 26.6. The molecule has 2 amide bonds. The van der Waals surface area contributed by atoms with Crippen LogP contribution in [0.1, 0.15) is 31.8 Å². The molecule has 0 N–H and O–H groups in total. The van der Waals surface area contributed by atoms with Crippen molar-refractivity contribution < 1.29 is 14.4 Å². The van der Waals surface area contributed by atoms with E-state index in [-0.39, 0.29) is 43.8 Å². The van der Waals surface area contributed by atoms with Crippen molar-refractivity contribution in [1.82, 2.24) is 9.80 Å². The zero-order valence-corrected chi connectivity index (χ0v) is 17.5. The molecule has 2 saturated heterocycles. The van der Waals surface area contributed by atoms with Gasteiger partial charge in [0.1, 0.15) is 0 Å². The van der Waals surface area contributed by atoms with Crippen molar-refractivity contribution in [1.29, 1.82) is 0 Å². The second-order valence-electron chi connectivity index (χ2n) is 9.09. The Labute approximate surface area is 186 Å². The lowest BCUT2D eigenvalue weighted by molar-refractivity contribution is -0.141. The van der Waals surface area contributed by atoms with Crippen LogP contribution in [0.15, 0.2) is 84.9 Å². The van der Waals surface area contributed by atoms with E-state index in [1.54, 1.807) is 34.1 Å². The van der Waals surface area contributed by atoms with Gasteiger partial charge in [0, 0.05) is 26.2 Å². The van der Waals surface area contributed by atoms with Crippen molar-refractivity contribution in [2.75, 3.05) is 26.2 Å². The summed E-state index contributed by atoms with van der Waals surface area (Å²) < 4.78 is 0. The van der Waals surface area contributed by atoms with Crippen LogP contribution in [0.4, 0.5) is 0 Å². The summed E-state index contributed by atoms with van der Waals surface area (Å²) in [6.45, 7) is 1.06. The van der Waals surface area contributed by atoms with Crippen LogP contribution in [0.2, 0.25) is 0 Å². The molecule has 0 spiro atoms. The number of piperidine rings is 2. The maximum atomic E-state index is 14.4. The number of Topliss-reactive ketones (excluding diaryl/α,β-unsaturated/α-hetero) is 1. The Kier molecular flexibility index (Phi) is 3.94. The average molecular weight is 422 g/mol. The minimum atomic E-state index is -0.971. The fourth-order valence-corrected chi connectivity index (χ4v) is 5.89. The maximum Gasteiger partial charge on any atom is 0.254 e. The number of carbonyl (C=O) groups excluding carboxylic acids is 3. The van der Waals surface area contributed by atoms with Crippen molar-refractivity contribution >= 4 is 17.6 Å². The maximum absolute atomic E-state index is 14.4. The summed E-state index contributed by atoms with van der Waals surface area (Å²) in [4.78, 5) is 45.5. The SMILES string of the molecule is O=C1c2ccccc2C(=O)N2CC3(c4ccccc4)CN1CC(c1ccccc1)(C2)C3=O. The van der Waals surface area contributed by atoms with E-state index in [1.807, 2.05) is 60.7 Å². The number of nitrogens with zero attached hydrogens (tertiary/aromatic N) is 2. The Morgan fingerprint density at radius 1 is 0.500 bits per heavy atom. The Balaban J connectivity index is 1.65. The molecular formula is C27H22N2O3. The highest BCUT2D eigenvalue weighted by molar-refractivity contribution is 6.12. The lowest BCUT2D eigenvalue weighted by Crippen LogP contribution is -2.74. The zero-order valence-electron chi connectivity index (χ0n) is 17.5. The third kappa shape index (κ3) is 2.42. The van der Waals surface area contributed by atoms with Crippen LogP contribution >= 0.6 is 0 Å². The van der Waals surface area contributed by atoms with Gasteiger partial charge in [0.15, 0.2) is 5.78 Å². The number of hydrogen-bond acceptors (Lipinski definition) is 3. The minimum absolute atomic E-state index is 0.0986.